The SMILES string of the molecule is CC(C)(C)OC(=O)n1ccc2c1CCCC2=O. The van der Waals surface area contributed by atoms with Crippen molar-refractivity contribution in [1.82, 2.24) is 4.57 Å². The van der Waals surface area contributed by atoms with Crippen LogP contribution in [0.1, 0.15) is 49.7 Å². The largest absolute Gasteiger partial charge is 0.443 e. The lowest BCUT2D eigenvalue weighted by atomic mass is 9.97. The second kappa shape index (κ2) is 4.02. The Kier molecular flexibility index (Phi) is 2.81. The van der Waals surface area contributed by atoms with Crippen molar-refractivity contribution in [3.05, 3.63) is 23.5 Å². The number of ether oxygens (including phenoxy) is 1. The summed E-state index contributed by atoms with van der Waals surface area (Å²) in [5.74, 6) is 0.119. The second-order valence-electron chi connectivity index (χ2n) is 5.30. The van der Waals surface area contributed by atoms with Gasteiger partial charge < -0.3 is 4.74 Å². The minimum absolute atomic E-state index is 0.119. The third-order valence-corrected chi connectivity index (χ3v) is 2.70. The molecule has 92 valence electrons. The van der Waals surface area contributed by atoms with Gasteiger partial charge in [-0.25, -0.2) is 4.79 Å². The highest BCUT2D eigenvalue weighted by molar-refractivity contribution is 5.99. The van der Waals surface area contributed by atoms with Crippen LogP contribution in [-0.2, 0) is 11.2 Å². The lowest BCUT2D eigenvalue weighted by molar-refractivity contribution is 0.0532. The number of nitrogens with zero attached hydrogens (tertiary/aromatic N) is 1. The molecule has 0 atom stereocenters. The van der Waals surface area contributed by atoms with E-state index in [1.54, 1.807) is 12.3 Å². The molecule has 0 unspecified atom stereocenters. The van der Waals surface area contributed by atoms with E-state index in [-0.39, 0.29) is 5.78 Å². The highest BCUT2D eigenvalue weighted by Crippen LogP contribution is 2.23. The zero-order valence-electron chi connectivity index (χ0n) is 10.4. The molecule has 0 aliphatic heterocycles. The molecule has 1 aliphatic carbocycles. The number of rotatable bonds is 0. The van der Waals surface area contributed by atoms with Gasteiger partial charge in [-0.15, -0.1) is 0 Å². The van der Waals surface area contributed by atoms with Crippen molar-refractivity contribution in [3.8, 4) is 0 Å². The van der Waals surface area contributed by atoms with Crippen molar-refractivity contribution in [1.29, 1.82) is 0 Å². The van der Waals surface area contributed by atoms with Crippen molar-refractivity contribution in [2.45, 2.75) is 45.6 Å². The first-order chi connectivity index (χ1) is 7.88. The third-order valence-electron chi connectivity index (χ3n) is 2.70. The van der Waals surface area contributed by atoms with Gasteiger partial charge in [0.1, 0.15) is 5.60 Å². The lowest BCUT2D eigenvalue weighted by Crippen LogP contribution is -2.28. The summed E-state index contributed by atoms with van der Waals surface area (Å²) in [6, 6.07) is 1.71. The summed E-state index contributed by atoms with van der Waals surface area (Å²) in [5.41, 5.74) is 0.935. The Labute approximate surface area is 101 Å². The van der Waals surface area contributed by atoms with Crippen LogP contribution in [0.5, 0.6) is 0 Å². The highest BCUT2D eigenvalue weighted by Gasteiger charge is 2.25. The van der Waals surface area contributed by atoms with Gasteiger partial charge in [0, 0.05) is 23.9 Å². The molecule has 4 heteroatoms. The molecule has 1 aliphatic rings. The summed E-state index contributed by atoms with van der Waals surface area (Å²) < 4.78 is 6.75. The summed E-state index contributed by atoms with van der Waals surface area (Å²) >= 11 is 0. The minimum Gasteiger partial charge on any atom is -0.443 e. The zero-order valence-corrected chi connectivity index (χ0v) is 10.4. The molecule has 0 N–H and O–H groups in total. The van der Waals surface area contributed by atoms with Gasteiger partial charge in [0.25, 0.3) is 0 Å². The van der Waals surface area contributed by atoms with Gasteiger partial charge in [-0.3, -0.25) is 9.36 Å². The van der Waals surface area contributed by atoms with Gasteiger partial charge in [0.15, 0.2) is 5.78 Å². The van der Waals surface area contributed by atoms with Gasteiger partial charge in [-0.1, -0.05) is 0 Å². The number of aromatic nitrogens is 1. The molecule has 1 aromatic rings. The zero-order chi connectivity index (χ0) is 12.6. The summed E-state index contributed by atoms with van der Waals surface area (Å²) in [6.45, 7) is 5.48. The van der Waals surface area contributed by atoms with E-state index in [4.69, 9.17) is 4.74 Å². The molecular formula is C13H17NO3. The molecule has 4 nitrogen and oxygen atoms in total. The van der Waals surface area contributed by atoms with Gasteiger partial charge in [-0.2, -0.15) is 0 Å². The molecule has 0 bridgehead atoms. The van der Waals surface area contributed by atoms with Crippen LogP contribution in [0.15, 0.2) is 12.3 Å². The van der Waals surface area contributed by atoms with Crippen molar-refractivity contribution in [3.63, 3.8) is 0 Å². The molecule has 17 heavy (non-hydrogen) atoms. The predicted octanol–water partition coefficient (Wildman–Crippen LogP) is 2.79. The van der Waals surface area contributed by atoms with Crippen LogP contribution in [-0.4, -0.2) is 22.0 Å². The minimum atomic E-state index is -0.521. The van der Waals surface area contributed by atoms with E-state index < -0.39 is 11.7 Å². The molecule has 2 rings (SSSR count). The first kappa shape index (κ1) is 11.9. The van der Waals surface area contributed by atoms with E-state index in [9.17, 15) is 9.59 Å². The average molecular weight is 235 g/mol. The molecule has 0 saturated carbocycles. The maximum absolute atomic E-state index is 11.9. The van der Waals surface area contributed by atoms with Crippen molar-refractivity contribution in [2.24, 2.45) is 0 Å². The van der Waals surface area contributed by atoms with Gasteiger partial charge >= 0.3 is 6.09 Å². The number of ketones is 1. The molecule has 0 fully saturated rings. The van der Waals surface area contributed by atoms with E-state index in [0.29, 0.717) is 12.0 Å². The summed E-state index contributed by atoms with van der Waals surface area (Å²) in [6.07, 6.45) is 3.35. The van der Waals surface area contributed by atoms with E-state index in [2.05, 4.69) is 0 Å². The second-order valence-corrected chi connectivity index (χ2v) is 5.30. The van der Waals surface area contributed by atoms with Crippen LogP contribution in [0.25, 0.3) is 0 Å². The Hall–Kier alpha value is -1.58. The normalized spacial score (nSPS) is 15.6. The lowest BCUT2D eigenvalue weighted by Gasteiger charge is -2.21. The monoisotopic (exact) mass is 235 g/mol. The highest BCUT2D eigenvalue weighted by atomic mass is 16.6. The van der Waals surface area contributed by atoms with Gasteiger partial charge in [0.05, 0.1) is 0 Å². The van der Waals surface area contributed by atoms with Crippen LogP contribution < -0.4 is 0 Å². The van der Waals surface area contributed by atoms with E-state index >= 15 is 0 Å². The van der Waals surface area contributed by atoms with Gasteiger partial charge in [-0.05, 0) is 39.7 Å². The Bertz CT molecular complexity index is 465. The smallest absolute Gasteiger partial charge is 0.418 e. The number of Topliss-reactive ketones (excluding diaryl/α,β-unsaturated/α-hetero) is 1. The Morgan fingerprint density at radius 3 is 2.71 bits per heavy atom. The fourth-order valence-corrected chi connectivity index (χ4v) is 2.01. The summed E-state index contributed by atoms with van der Waals surface area (Å²) in [4.78, 5) is 23.6. The molecular weight excluding hydrogens is 218 g/mol. The molecule has 0 saturated heterocycles. The van der Waals surface area contributed by atoms with E-state index in [1.165, 1.54) is 4.57 Å². The van der Waals surface area contributed by atoms with E-state index in [1.807, 2.05) is 20.8 Å². The van der Waals surface area contributed by atoms with Crippen LogP contribution in [0.4, 0.5) is 4.79 Å². The Morgan fingerprint density at radius 2 is 2.06 bits per heavy atom. The number of carbonyl (C=O) groups excluding carboxylic acids is 2. The predicted molar refractivity (Wildman–Crippen MR) is 63.3 cm³/mol. The quantitative estimate of drug-likeness (QED) is 0.694. The molecule has 0 aromatic carbocycles. The van der Waals surface area contributed by atoms with Crippen molar-refractivity contribution in [2.75, 3.05) is 0 Å². The topological polar surface area (TPSA) is 48.3 Å². The fourth-order valence-electron chi connectivity index (χ4n) is 2.01. The fraction of sp³-hybridized carbons (Fsp3) is 0.538. The first-order valence-corrected chi connectivity index (χ1v) is 5.85. The molecule has 1 heterocycles. The van der Waals surface area contributed by atoms with E-state index in [0.717, 1.165) is 18.5 Å². The van der Waals surface area contributed by atoms with Gasteiger partial charge in [0.2, 0.25) is 0 Å². The van der Waals surface area contributed by atoms with Crippen LogP contribution in [0.2, 0.25) is 0 Å². The number of hydrogen-bond donors (Lipinski definition) is 0. The Morgan fingerprint density at radius 1 is 1.35 bits per heavy atom. The molecule has 0 amide bonds. The maximum Gasteiger partial charge on any atom is 0.418 e. The first-order valence-electron chi connectivity index (χ1n) is 5.85. The van der Waals surface area contributed by atoms with Crippen LogP contribution in [0, 0.1) is 0 Å². The summed E-state index contributed by atoms with van der Waals surface area (Å²) in [5, 5.41) is 0. The third kappa shape index (κ3) is 2.40. The Balaban J connectivity index is 2.29. The number of carbonyl (C=O) groups is 2. The summed E-state index contributed by atoms with van der Waals surface area (Å²) in [7, 11) is 0. The average Bonchev–Trinajstić information content (AvgIpc) is 2.60. The number of hydrogen-bond acceptors (Lipinski definition) is 3. The van der Waals surface area contributed by atoms with Crippen molar-refractivity contribution < 1.29 is 14.3 Å². The van der Waals surface area contributed by atoms with Crippen LogP contribution in [0.3, 0.4) is 0 Å². The van der Waals surface area contributed by atoms with Crippen LogP contribution >= 0.6 is 0 Å². The maximum atomic E-state index is 11.9. The number of fused-ring (bicyclic) bond motifs is 1. The molecule has 1 aromatic heterocycles. The molecule has 0 radical (unpaired) electrons. The molecule has 0 spiro atoms. The van der Waals surface area contributed by atoms with Crippen molar-refractivity contribution >= 4 is 11.9 Å². The standard InChI is InChI=1S/C13H17NO3/c1-13(2,3)17-12(16)14-8-7-9-10(14)5-4-6-11(9)15/h7-8H,4-6H2,1-3H3.